The van der Waals surface area contributed by atoms with Crippen molar-refractivity contribution in [2.75, 3.05) is 6.54 Å². The molecule has 2 N–H and O–H groups in total. The van der Waals surface area contributed by atoms with Gasteiger partial charge in [0.05, 0.1) is 6.04 Å². The lowest BCUT2D eigenvalue weighted by molar-refractivity contribution is -0.0250. The molecule has 20 heavy (non-hydrogen) atoms. The van der Waals surface area contributed by atoms with E-state index in [1.807, 2.05) is 39.5 Å². The molecule has 0 aromatic carbocycles. The minimum atomic E-state index is -0.470. The molecule has 1 fully saturated rings. The standard InChI is InChI=1S/C16H32N2O2/c1-11(2)18(14(19)20-15(3,4)5)13(10-17)12-8-16(6,7)9-12/h11-13H,8-10,17H2,1-7H3. The predicted molar refractivity (Wildman–Crippen MR) is 82.6 cm³/mol. The monoisotopic (exact) mass is 284 g/mol. The fraction of sp³-hybridized carbons (Fsp3) is 0.938. The number of carbonyl (C=O) groups is 1. The van der Waals surface area contributed by atoms with Crippen LogP contribution in [0.5, 0.6) is 0 Å². The van der Waals surface area contributed by atoms with Gasteiger partial charge in [-0.05, 0) is 58.8 Å². The van der Waals surface area contributed by atoms with Crippen molar-refractivity contribution in [2.24, 2.45) is 17.1 Å². The second-order valence-electron chi connectivity index (χ2n) is 8.12. The van der Waals surface area contributed by atoms with Crippen LogP contribution in [0.3, 0.4) is 0 Å². The zero-order valence-corrected chi connectivity index (χ0v) is 14.2. The van der Waals surface area contributed by atoms with E-state index in [1.54, 1.807) is 0 Å². The molecular formula is C16H32N2O2. The van der Waals surface area contributed by atoms with Crippen molar-refractivity contribution in [1.29, 1.82) is 0 Å². The van der Waals surface area contributed by atoms with Gasteiger partial charge < -0.3 is 15.4 Å². The summed E-state index contributed by atoms with van der Waals surface area (Å²) >= 11 is 0. The Balaban J connectivity index is 2.80. The van der Waals surface area contributed by atoms with Crippen LogP contribution in [0, 0.1) is 11.3 Å². The van der Waals surface area contributed by atoms with E-state index in [0.29, 0.717) is 17.9 Å². The maximum Gasteiger partial charge on any atom is 0.410 e. The van der Waals surface area contributed by atoms with Gasteiger partial charge in [-0.25, -0.2) is 4.79 Å². The van der Waals surface area contributed by atoms with Crippen molar-refractivity contribution in [3.63, 3.8) is 0 Å². The predicted octanol–water partition coefficient (Wildman–Crippen LogP) is 3.40. The van der Waals surface area contributed by atoms with E-state index in [9.17, 15) is 4.79 Å². The lowest BCUT2D eigenvalue weighted by atomic mass is 9.61. The van der Waals surface area contributed by atoms with Crippen molar-refractivity contribution < 1.29 is 9.53 Å². The third kappa shape index (κ3) is 4.37. The molecule has 118 valence electrons. The summed E-state index contributed by atoms with van der Waals surface area (Å²) in [6.07, 6.45) is 2.01. The smallest absolute Gasteiger partial charge is 0.410 e. The number of ether oxygens (including phenoxy) is 1. The van der Waals surface area contributed by atoms with Crippen molar-refractivity contribution >= 4 is 6.09 Å². The van der Waals surface area contributed by atoms with Crippen LogP contribution in [0.1, 0.15) is 61.3 Å². The molecule has 0 aromatic heterocycles. The van der Waals surface area contributed by atoms with Gasteiger partial charge in [0.2, 0.25) is 0 Å². The first kappa shape index (κ1) is 17.3. The zero-order valence-electron chi connectivity index (χ0n) is 14.2. The number of carbonyl (C=O) groups excluding carboxylic acids is 1. The van der Waals surface area contributed by atoms with Gasteiger partial charge in [-0.1, -0.05) is 13.8 Å². The number of nitrogens with zero attached hydrogens (tertiary/aromatic N) is 1. The van der Waals surface area contributed by atoms with E-state index in [-0.39, 0.29) is 18.2 Å². The van der Waals surface area contributed by atoms with Crippen LogP contribution < -0.4 is 5.73 Å². The Morgan fingerprint density at radius 3 is 2.15 bits per heavy atom. The van der Waals surface area contributed by atoms with E-state index < -0.39 is 5.60 Å². The first-order valence-electron chi connectivity index (χ1n) is 7.68. The highest BCUT2D eigenvalue weighted by atomic mass is 16.6. The van der Waals surface area contributed by atoms with E-state index in [1.165, 1.54) is 0 Å². The van der Waals surface area contributed by atoms with Crippen LogP contribution in [0.25, 0.3) is 0 Å². The molecule has 1 amide bonds. The van der Waals surface area contributed by atoms with Gasteiger partial charge >= 0.3 is 6.09 Å². The molecule has 0 aromatic rings. The average molecular weight is 284 g/mol. The molecule has 1 aliphatic carbocycles. The third-order valence-corrected chi connectivity index (χ3v) is 3.93. The number of nitrogens with two attached hydrogens (primary N) is 1. The second-order valence-corrected chi connectivity index (χ2v) is 8.12. The summed E-state index contributed by atoms with van der Waals surface area (Å²) in [7, 11) is 0. The van der Waals surface area contributed by atoms with Gasteiger partial charge in [-0.15, -0.1) is 0 Å². The van der Waals surface area contributed by atoms with Crippen LogP contribution >= 0.6 is 0 Å². The molecule has 0 heterocycles. The molecule has 1 saturated carbocycles. The fourth-order valence-electron chi connectivity index (χ4n) is 3.21. The van der Waals surface area contributed by atoms with Crippen LogP contribution in [0.2, 0.25) is 0 Å². The second kappa shape index (κ2) is 5.92. The first-order chi connectivity index (χ1) is 8.97. The quantitative estimate of drug-likeness (QED) is 0.861. The maximum atomic E-state index is 12.5. The molecule has 1 atom stereocenters. The van der Waals surface area contributed by atoms with Crippen LogP contribution in [-0.4, -0.2) is 35.2 Å². The Hall–Kier alpha value is -0.770. The van der Waals surface area contributed by atoms with E-state index >= 15 is 0 Å². The summed E-state index contributed by atoms with van der Waals surface area (Å²) in [5.74, 6) is 0.491. The Bertz CT molecular complexity index is 337. The van der Waals surface area contributed by atoms with Gasteiger partial charge in [-0.3, -0.25) is 0 Å². The van der Waals surface area contributed by atoms with Crippen molar-refractivity contribution in [3.05, 3.63) is 0 Å². The molecular weight excluding hydrogens is 252 g/mol. The maximum absolute atomic E-state index is 12.5. The summed E-state index contributed by atoms with van der Waals surface area (Å²) in [5.41, 5.74) is 5.88. The highest BCUT2D eigenvalue weighted by Crippen LogP contribution is 2.47. The molecule has 1 aliphatic rings. The molecule has 0 saturated heterocycles. The SMILES string of the molecule is CC(C)N(C(=O)OC(C)(C)C)C(CN)C1CC(C)(C)C1. The molecule has 0 aliphatic heterocycles. The molecule has 1 rings (SSSR count). The molecule has 0 spiro atoms. The molecule has 4 nitrogen and oxygen atoms in total. The van der Waals surface area contributed by atoms with Gasteiger partial charge in [0.15, 0.2) is 0 Å². The normalized spacial score (nSPS) is 20.4. The van der Waals surface area contributed by atoms with Gasteiger partial charge in [0.1, 0.15) is 5.60 Å². The van der Waals surface area contributed by atoms with Crippen molar-refractivity contribution in [2.45, 2.75) is 79.0 Å². The van der Waals surface area contributed by atoms with Crippen LogP contribution in [0.4, 0.5) is 4.79 Å². The highest BCUT2D eigenvalue weighted by Gasteiger charge is 2.44. The van der Waals surface area contributed by atoms with E-state index in [0.717, 1.165) is 12.8 Å². The largest absolute Gasteiger partial charge is 0.444 e. The lowest BCUT2D eigenvalue weighted by Gasteiger charge is -2.50. The molecule has 0 bridgehead atoms. The minimum Gasteiger partial charge on any atom is -0.444 e. The van der Waals surface area contributed by atoms with Crippen LogP contribution in [-0.2, 0) is 4.74 Å². The fourth-order valence-corrected chi connectivity index (χ4v) is 3.21. The topological polar surface area (TPSA) is 55.6 Å². The first-order valence-corrected chi connectivity index (χ1v) is 7.68. The minimum absolute atomic E-state index is 0.0814. The summed E-state index contributed by atoms with van der Waals surface area (Å²) in [6.45, 7) is 14.8. The highest BCUT2D eigenvalue weighted by molar-refractivity contribution is 5.69. The van der Waals surface area contributed by atoms with Crippen molar-refractivity contribution in [1.82, 2.24) is 4.90 Å². The van der Waals surface area contributed by atoms with Crippen molar-refractivity contribution in [3.8, 4) is 0 Å². The molecule has 0 radical (unpaired) electrons. The number of hydrogen-bond donors (Lipinski definition) is 1. The summed E-state index contributed by atoms with van der Waals surface area (Å²) in [6, 6.07) is 0.181. The molecule has 1 unspecified atom stereocenters. The van der Waals surface area contributed by atoms with E-state index in [2.05, 4.69) is 13.8 Å². The zero-order chi connectivity index (χ0) is 15.7. The Morgan fingerprint density at radius 1 is 1.35 bits per heavy atom. The number of rotatable bonds is 4. The summed E-state index contributed by atoms with van der Waals surface area (Å²) in [5, 5.41) is 0. The Labute approximate surface area is 124 Å². The van der Waals surface area contributed by atoms with E-state index in [4.69, 9.17) is 10.5 Å². The van der Waals surface area contributed by atoms with Gasteiger partial charge in [0.25, 0.3) is 0 Å². The van der Waals surface area contributed by atoms with Crippen LogP contribution in [0.15, 0.2) is 0 Å². The molecule has 4 heteroatoms. The average Bonchev–Trinajstić information content (AvgIpc) is 2.18. The Morgan fingerprint density at radius 2 is 1.85 bits per heavy atom. The lowest BCUT2D eigenvalue weighted by Crippen LogP contribution is -2.56. The Kier molecular flexibility index (Phi) is 5.12. The number of hydrogen-bond acceptors (Lipinski definition) is 3. The summed E-state index contributed by atoms with van der Waals surface area (Å²) < 4.78 is 5.55. The number of amides is 1. The van der Waals surface area contributed by atoms with Gasteiger partial charge in [0, 0.05) is 12.6 Å². The third-order valence-electron chi connectivity index (χ3n) is 3.93. The van der Waals surface area contributed by atoms with Gasteiger partial charge in [-0.2, -0.15) is 0 Å². The summed E-state index contributed by atoms with van der Waals surface area (Å²) in [4.78, 5) is 14.3.